The maximum absolute atomic E-state index is 11.1. The Labute approximate surface area is 95.9 Å². The minimum Gasteiger partial charge on any atom is -0.444 e. The highest BCUT2D eigenvalue weighted by Crippen LogP contribution is 2.05. The van der Waals surface area contributed by atoms with E-state index in [0.717, 1.165) is 0 Å². The maximum Gasteiger partial charge on any atom is 0.408 e. The summed E-state index contributed by atoms with van der Waals surface area (Å²) in [5.41, 5.74) is -0.565. The third-order valence-electron chi connectivity index (χ3n) is 1.38. The summed E-state index contributed by atoms with van der Waals surface area (Å²) in [6.07, 6.45) is 4.87. The molecule has 0 aromatic rings. The summed E-state index contributed by atoms with van der Waals surface area (Å²) in [6.45, 7) is 5.55. The minimum absolute atomic E-state index is 0.112. The second kappa shape index (κ2) is 6.72. The van der Waals surface area contributed by atoms with Crippen LogP contribution in [-0.2, 0) is 9.53 Å². The molecule has 0 rings (SSSR count). The van der Waals surface area contributed by atoms with Gasteiger partial charge in [-0.3, -0.25) is 4.79 Å². The normalized spacial score (nSPS) is 10.1. The Balaban J connectivity index is 3.68. The number of amides is 2. The van der Waals surface area contributed by atoms with E-state index in [1.54, 1.807) is 20.8 Å². The molecule has 0 aromatic heterocycles. The van der Waals surface area contributed by atoms with Crippen molar-refractivity contribution in [1.82, 2.24) is 10.6 Å². The zero-order chi connectivity index (χ0) is 12.6. The molecule has 0 aliphatic carbocycles. The molecule has 0 saturated heterocycles. The van der Waals surface area contributed by atoms with Crippen molar-refractivity contribution in [2.24, 2.45) is 0 Å². The van der Waals surface area contributed by atoms with Crippen LogP contribution >= 0.6 is 0 Å². The summed E-state index contributed by atoms with van der Waals surface area (Å²) in [5.74, 6) is 2.10. The number of rotatable bonds is 4. The average molecular weight is 226 g/mol. The van der Waals surface area contributed by atoms with E-state index >= 15 is 0 Å². The zero-order valence-electron chi connectivity index (χ0n) is 9.92. The molecule has 0 atom stereocenters. The van der Waals surface area contributed by atoms with Crippen molar-refractivity contribution in [2.45, 2.75) is 32.8 Å². The Kier molecular flexibility index (Phi) is 6.01. The summed E-state index contributed by atoms with van der Waals surface area (Å²) in [6, 6.07) is 0. The van der Waals surface area contributed by atoms with Crippen molar-refractivity contribution in [2.75, 3.05) is 13.1 Å². The molecular weight excluding hydrogens is 208 g/mol. The van der Waals surface area contributed by atoms with Gasteiger partial charge in [0, 0.05) is 13.0 Å². The fourth-order valence-corrected chi connectivity index (χ4v) is 0.803. The smallest absolute Gasteiger partial charge is 0.408 e. The fourth-order valence-electron chi connectivity index (χ4n) is 0.803. The Morgan fingerprint density at radius 2 is 1.94 bits per heavy atom. The molecule has 0 saturated carbocycles. The molecule has 0 radical (unpaired) electrons. The van der Waals surface area contributed by atoms with Crippen LogP contribution in [0.15, 0.2) is 0 Å². The van der Waals surface area contributed by atoms with E-state index in [1.165, 1.54) is 0 Å². The van der Waals surface area contributed by atoms with Gasteiger partial charge in [-0.05, 0) is 20.8 Å². The first-order valence-electron chi connectivity index (χ1n) is 5.02. The van der Waals surface area contributed by atoms with Crippen molar-refractivity contribution in [3.63, 3.8) is 0 Å². The molecule has 0 fully saturated rings. The summed E-state index contributed by atoms with van der Waals surface area (Å²) >= 11 is 0. The van der Waals surface area contributed by atoms with Crippen molar-refractivity contribution in [3.8, 4) is 12.3 Å². The lowest BCUT2D eigenvalue weighted by atomic mass is 10.2. The van der Waals surface area contributed by atoms with Crippen LogP contribution in [0.4, 0.5) is 4.79 Å². The molecule has 5 nitrogen and oxygen atoms in total. The first-order valence-corrected chi connectivity index (χ1v) is 5.02. The van der Waals surface area contributed by atoms with E-state index < -0.39 is 11.7 Å². The van der Waals surface area contributed by atoms with Gasteiger partial charge in [-0.2, -0.15) is 0 Å². The Bertz CT molecular complexity index is 287. The van der Waals surface area contributed by atoms with Crippen LogP contribution < -0.4 is 10.6 Å². The standard InChI is InChI=1S/C11H18N2O3/c1-5-6-7-12-9(14)8-13-10(15)16-11(2,3)4/h1H,6-8H2,2-4H3,(H,12,14)(H,13,15). The van der Waals surface area contributed by atoms with Gasteiger partial charge in [0.05, 0.1) is 6.54 Å². The Morgan fingerprint density at radius 3 is 2.44 bits per heavy atom. The average Bonchev–Trinajstić information content (AvgIpc) is 2.12. The molecule has 16 heavy (non-hydrogen) atoms. The van der Waals surface area contributed by atoms with Crippen LogP contribution in [0.5, 0.6) is 0 Å². The lowest BCUT2D eigenvalue weighted by Gasteiger charge is -2.19. The maximum atomic E-state index is 11.1. The Hall–Kier alpha value is -1.70. The fraction of sp³-hybridized carbons (Fsp3) is 0.636. The Morgan fingerprint density at radius 1 is 1.31 bits per heavy atom. The number of hydrogen-bond acceptors (Lipinski definition) is 3. The third-order valence-corrected chi connectivity index (χ3v) is 1.38. The van der Waals surface area contributed by atoms with Gasteiger partial charge in [-0.15, -0.1) is 12.3 Å². The van der Waals surface area contributed by atoms with E-state index in [0.29, 0.717) is 13.0 Å². The van der Waals surface area contributed by atoms with Crippen LogP contribution in [0.2, 0.25) is 0 Å². The van der Waals surface area contributed by atoms with E-state index in [-0.39, 0.29) is 12.5 Å². The summed E-state index contributed by atoms with van der Waals surface area (Å²) < 4.78 is 4.95. The van der Waals surface area contributed by atoms with Gasteiger partial charge >= 0.3 is 6.09 Å². The quantitative estimate of drug-likeness (QED) is 0.546. The molecular formula is C11H18N2O3. The number of carbonyl (C=O) groups is 2. The first kappa shape index (κ1) is 14.3. The molecule has 0 bridgehead atoms. The minimum atomic E-state index is -0.611. The number of carbonyl (C=O) groups excluding carboxylic acids is 2. The monoisotopic (exact) mass is 226 g/mol. The summed E-state index contributed by atoms with van der Waals surface area (Å²) in [5, 5.41) is 4.89. The molecule has 5 heteroatoms. The highest BCUT2D eigenvalue weighted by atomic mass is 16.6. The van der Waals surface area contributed by atoms with Gasteiger partial charge in [0.2, 0.25) is 5.91 Å². The second-order valence-electron chi connectivity index (χ2n) is 4.16. The zero-order valence-corrected chi connectivity index (χ0v) is 9.92. The third kappa shape index (κ3) is 8.88. The van der Waals surface area contributed by atoms with Gasteiger partial charge in [0.15, 0.2) is 0 Å². The van der Waals surface area contributed by atoms with E-state index in [9.17, 15) is 9.59 Å². The lowest BCUT2D eigenvalue weighted by Crippen LogP contribution is -2.39. The highest BCUT2D eigenvalue weighted by Gasteiger charge is 2.16. The predicted molar refractivity (Wildman–Crippen MR) is 60.7 cm³/mol. The topological polar surface area (TPSA) is 67.4 Å². The van der Waals surface area contributed by atoms with Crippen LogP contribution in [0.25, 0.3) is 0 Å². The highest BCUT2D eigenvalue weighted by molar-refractivity contribution is 5.82. The van der Waals surface area contributed by atoms with Crippen molar-refractivity contribution in [3.05, 3.63) is 0 Å². The summed E-state index contributed by atoms with van der Waals surface area (Å²) in [4.78, 5) is 22.3. The van der Waals surface area contributed by atoms with E-state index in [4.69, 9.17) is 11.2 Å². The van der Waals surface area contributed by atoms with Gasteiger partial charge in [-0.25, -0.2) is 4.79 Å². The number of terminal acetylenes is 1. The number of nitrogens with one attached hydrogen (secondary N) is 2. The first-order chi connectivity index (χ1) is 7.35. The van der Waals surface area contributed by atoms with Gasteiger partial charge in [-0.1, -0.05) is 0 Å². The van der Waals surface area contributed by atoms with Crippen molar-refractivity contribution < 1.29 is 14.3 Å². The molecule has 0 heterocycles. The van der Waals surface area contributed by atoms with Crippen LogP contribution in [0, 0.1) is 12.3 Å². The number of ether oxygens (including phenoxy) is 1. The number of alkyl carbamates (subject to hydrolysis) is 1. The molecule has 90 valence electrons. The number of hydrogen-bond donors (Lipinski definition) is 2. The van der Waals surface area contributed by atoms with Crippen LogP contribution in [0.1, 0.15) is 27.2 Å². The van der Waals surface area contributed by atoms with E-state index in [1.807, 2.05) is 0 Å². The SMILES string of the molecule is C#CCCNC(=O)CNC(=O)OC(C)(C)C. The van der Waals surface area contributed by atoms with Crippen molar-refractivity contribution in [1.29, 1.82) is 0 Å². The van der Waals surface area contributed by atoms with Crippen molar-refractivity contribution >= 4 is 12.0 Å². The van der Waals surface area contributed by atoms with E-state index in [2.05, 4.69) is 16.6 Å². The molecule has 2 amide bonds. The largest absolute Gasteiger partial charge is 0.444 e. The molecule has 0 aromatic carbocycles. The second-order valence-corrected chi connectivity index (χ2v) is 4.16. The molecule has 0 unspecified atom stereocenters. The predicted octanol–water partition coefficient (Wildman–Crippen LogP) is 0.651. The molecule has 2 N–H and O–H groups in total. The van der Waals surface area contributed by atoms with Crippen LogP contribution in [0.3, 0.4) is 0 Å². The van der Waals surface area contributed by atoms with Gasteiger partial charge in [0.25, 0.3) is 0 Å². The van der Waals surface area contributed by atoms with Gasteiger partial charge in [0.1, 0.15) is 5.60 Å². The lowest BCUT2D eigenvalue weighted by molar-refractivity contribution is -0.120. The van der Waals surface area contributed by atoms with Gasteiger partial charge < -0.3 is 15.4 Å². The summed E-state index contributed by atoms with van der Waals surface area (Å²) in [7, 11) is 0. The molecule has 0 aliphatic heterocycles. The molecule has 0 spiro atoms. The molecule has 0 aliphatic rings. The van der Waals surface area contributed by atoms with Crippen LogP contribution in [-0.4, -0.2) is 30.7 Å².